The summed E-state index contributed by atoms with van der Waals surface area (Å²) in [7, 11) is -1.36. The topological polar surface area (TPSA) is 26.0 Å². The second kappa shape index (κ2) is 7.54. The van der Waals surface area contributed by atoms with Crippen LogP contribution in [0.5, 0.6) is 0 Å². The molecule has 0 atom stereocenters. The molecule has 0 amide bonds. The molecule has 0 saturated carbocycles. The van der Waals surface area contributed by atoms with Crippen molar-refractivity contribution in [2.45, 2.75) is 39.4 Å². The highest BCUT2D eigenvalue weighted by atomic mass is 28.3. The maximum Gasteiger partial charge on any atom is 0.144 e. The molecule has 0 aliphatic heterocycles. The lowest BCUT2D eigenvalue weighted by atomic mass is 9.98. The van der Waals surface area contributed by atoms with Gasteiger partial charge in [-0.05, 0) is 63.4 Å². The standard InChI is InChI=1S/C31H29NOSi/c1-19(2)20-13-14-32-29(17-20)26-8-6-7-25-28-16-22-10-9-21-15-23(34(3,4)5)11-12-24(21)27(22)18-30(28)33-31(25)26/h6-19H,1-5H3. The minimum absolute atomic E-state index is 0.455. The minimum atomic E-state index is -1.36. The van der Waals surface area contributed by atoms with Crippen molar-refractivity contribution in [1.82, 2.24) is 4.98 Å². The number of para-hydroxylation sites is 1. The molecule has 0 N–H and O–H groups in total. The summed E-state index contributed by atoms with van der Waals surface area (Å²) in [5.74, 6) is 0.455. The summed E-state index contributed by atoms with van der Waals surface area (Å²) in [4.78, 5) is 4.68. The summed E-state index contributed by atoms with van der Waals surface area (Å²) in [6.07, 6.45) is 1.90. The van der Waals surface area contributed by atoms with Crippen LogP contribution in [-0.4, -0.2) is 13.1 Å². The van der Waals surface area contributed by atoms with Gasteiger partial charge < -0.3 is 4.42 Å². The number of benzene rings is 4. The molecule has 3 heteroatoms. The third-order valence-electron chi connectivity index (χ3n) is 7.05. The van der Waals surface area contributed by atoms with Crippen molar-refractivity contribution in [3.8, 4) is 11.3 Å². The molecule has 0 aliphatic rings. The Morgan fingerprint density at radius 3 is 2.29 bits per heavy atom. The van der Waals surface area contributed by atoms with Gasteiger partial charge in [0, 0.05) is 22.5 Å². The van der Waals surface area contributed by atoms with Gasteiger partial charge in [-0.15, -0.1) is 0 Å². The maximum absolute atomic E-state index is 6.54. The van der Waals surface area contributed by atoms with Crippen molar-refractivity contribution in [2.75, 3.05) is 0 Å². The molecule has 0 bridgehead atoms. The molecule has 2 aromatic heterocycles. The normalized spacial score (nSPS) is 12.5. The SMILES string of the molecule is CC(C)c1ccnc(-c2cccc3c2oc2cc4c(ccc5cc([Si](C)(C)C)ccc54)cc23)c1. The quantitative estimate of drug-likeness (QED) is 0.195. The summed E-state index contributed by atoms with van der Waals surface area (Å²) >= 11 is 0. The van der Waals surface area contributed by atoms with Gasteiger partial charge in [-0.2, -0.15) is 0 Å². The monoisotopic (exact) mass is 459 g/mol. The highest BCUT2D eigenvalue weighted by molar-refractivity contribution is 6.88. The van der Waals surface area contributed by atoms with Crippen molar-refractivity contribution < 1.29 is 4.42 Å². The smallest absolute Gasteiger partial charge is 0.144 e. The number of rotatable bonds is 3. The van der Waals surface area contributed by atoms with Crippen LogP contribution in [0.25, 0.3) is 54.7 Å². The predicted octanol–water partition coefficient (Wildman–Crippen LogP) is 8.62. The first kappa shape index (κ1) is 21.1. The van der Waals surface area contributed by atoms with Gasteiger partial charge in [-0.1, -0.05) is 81.1 Å². The van der Waals surface area contributed by atoms with Crippen LogP contribution in [0.2, 0.25) is 19.6 Å². The number of hydrogen-bond donors (Lipinski definition) is 0. The summed E-state index contributed by atoms with van der Waals surface area (Å²) in [6.45, 7) is 11.6. The van der Waals surface area contributed by atoms with E-state index in [4.69, 9.17) is 4.42 Å². The van der Waals surface area contributed by atoms with Gasteiger partial charge >= 0.3 is 0 Å². The first-order valence-electron chi connectivity index (χ1n) is 12.1. The minimum Gasteiger partial charge on any atom is -0.455 e. The van der Waals surface area contributed by atoms with E-state index >= 15 is 0 Å². The molecule has 2 heterocycles. The molecule has 0 aliphatic carbocycles. The molecule has 0 saturated heterocycles. The van der Waals surface area contributed by atoms with E-state index in [1.54, 1.807) is 0 Å². The zero-order valence-electron chi connectivity index (χ0n) is 20.4. The van der Waals surface area contributed by atoms with E-state index in [2.05, 4.69) is 111 Å². The Hall–Kier alpha value is -3.43. The number of pyridine rings is 1. The molecule has 0 fully saturated rings. The molecule has 6 aromatic rings. The van der Waals surface area contributed by atoms with Gasteiger partial charge in [-0.25, -0.2) is 0 Å². The fourth-order valence-electron chi connectivity index (χ4n) is 4.98. The van der Waals surface area contributed by atoms with Gasteiger partial charge in [0.15, 0.2) is 0 Å². The Morgan fingerprint density at radius 2 is 1.53 bits per heavy atom. The first-order valence-corrected chi connectivity index (χ1v) is 15.6. The predicted molar refractivity (Wildman–Crippen MR) is 149 cm³/mol. The molecule has 0 radical (unpaired) electrons. The molecule has 0 unspecified atom stereocenters. The Kier molecular flexibility index (Phi) is 4.68. The summed E-state index contributed by atoms with van der Waals surface area (Å²) in [5, 5.41) is 8.86. The largest absolute Gasteiger partial charge is 0.455 e. The number of nitrogens with zero attached hydrogens (tertiary/aromatic N) is 1. The second-order valence-electron chi connectivity index (χ2n) is 10.7. The van der Waals surface area contributed by atoms with E-state index in [-0.39, 0.29) is 0 Å². The summed E-state index contributed by atoms with van der Waals surface area (Å²) in [6, 6.07) is 26.7. The van der Waals surface area contributed by atoms with Crippen LogP contribution in [-0.2, 0) is 0 Å². The Balaban J connectivity index is 1.60. The van der Waals surface area contributed by atoms with Gasteiger partial charge in [-0.3, -0.25) is 4.98 Å². The van der Waals surface area contributed by atoms with Gasteiger partial charge in [0.2, 0.25) is 0 Å². The van der Waals surface area contributed by atoms with Gasteiger partial charge in [0.05, 0.1) is 13.8 Å². The van der Waals surface area contributed by atoms with Crippen molar-refractivity contribution in [1.29, 1.82) is 0 Å². The van der Waals surface area contributed by atoms with Crippen LogP contribution in [0.4, 0.5) is 0 Å². The van der Waals surface area contributed by atoms with E-state index in [0.717, 1.165) is 33.2 Å². The average Bonchev–Trinajstić information content (AvgIpc) is 3.19. The molecule has 6 rings (SSSR count). The molecule has 4 aromatic carbocycles. The molecular formula is C31H29NOSi. The first-order chi connectivity index (χ1) is 16.3. The highest BCUT2D eigenvalue weighted by Crippen LogP contribution is 2.38. The molecule has 168 valence electrons. The van der Waals surface area contributed by atoms with Crippen LogP contribution < -0.4 is 5.19 Å². The van der Waals surface area contributed by atoms with E-state index in [1.807, 2.05) is 6.20 Å². The van der Waals surface area contributed by atoms with Gasteiger partial charge in [0.25, 0.3) is 0 Å². The van der Waals surface area contributed by atoms with Crippen LogP contribution in [0.3, 0.4) is 0 Å². The van der Waals surface area contributed by atoms with E-state index < -0.39 is 8.07 Å². The molecule has 2 nitrogen and oxygen atoms in total. The third-order valence-corrected chi connectivity index (χ3v) is 9.09. The number of aromatic nitrogens is 1. The fourth-order valence-corrected chi connectivity index (χ4v) is 6.15. The van der Waals surface area contributed by atoms with Gasteiger partial charge in [0.1, 0.15) is 11.2 Å². The lowest BCUT2D eigenvalue weighted by Gasteiger charge is -2.17. The zero-order chi connectivity index (χ0) is 23.6. The van der Waals surface area contributed by atoms with E-state index in [1.165, 1.54) is 32.3 Å². The maximum atomic E-state index is 6.54. The Morgan fingerprint density at radius 1 is 0.735 bits per heavy atom. The third kappa shape index (κ3) is 3.34. The summed E-state index contributed by atoms with van der Waals surface area (Å²) in [5.41, 5.74) is 5.13. The summed E-state index contributed by atoms with van der Waals surface area (Å²) < 4.78 is 6.54. The number of hydrogen-bond acceptors (Lipinski definition) is 2. The van der Waals surface area contributed by atoms with Crippen molar-refractivity contribution >= 4 is 56.7 Å². The Bertz CT molecular complexity index is 1720. The van der Waals surface area contributed by atoms with Crippen molar-refractivity contribution in [2.24, 2.45) is 0 Å². The van der Waals surface area contributed by atoms with E-state index in [0.29, 0.717) is 5.92 Å². The fraction of sp³-hybridized carbons (Fsp3) is 0.194. The van der Waals surface area contributed by atoms with Crippen LogP contribution in [0.1, 0.15) is 25.3 Å². The van der Waals surface area contributed by atoms with Crippen molar-refractivity contribution in [3.05, 3.63) is 84.6 Å². The average molecular weight is 460 g/mol. The lowest BCUT2D eigenvalue weighted by Crippen LogP contribution is -2.37. The van der Waals surface area contributed by atoms with E-state index in [9.17, 15) is 0 Å². The number of furan rings is 1. The van der Waals surface area contributed by atoms with Crippen LogP contribution >= 0.6 is 0 Å². The van der Waals surface area contributed by atoms with Crippen molar-refractivity contribution in [3.63, 3.8) is 0 Å². The van der Waals surface area contributed by atoms with Crippen LogP contribution in [0, 0.1) is 0 Å². The lowest BCUT2D eigenvalue weighted by molar-refractivity contribution is 0.670. The molecule has 34 heavy (non-hydrogen) atoms. The second-order valence-corrected chi connectivity index (χ2v) is 15.8. The zero-order valence-corrected chi connectivity index (χ0v) is 21.4. The highest BCUT2D eigenvalue weighted by Gasteiger charge is 2.18. The molecular weight excluding hydrogens is 430 g/mol. The Labute approximate surface area is 201 Å². The number of fused-ring (bicyclic) bond motifs is 6. The molecule has 0 spiro atoms. The van der Waals surface area contributed by atoms with Crippen LogP contribution in [0.15, 0.2) is 83.4 Å².